The molecule has 0 unspecified atom stereocenters. The molecule has 1 heterocycles. The van der Waals surface area contributed by atoms with Gasteiger partial charge in [0.2, 0.25) is 0 Å². The fourth-order valence-corrected chi connectivity index (χ4v) is 6.15. The van der Waals surface area contributed by atoms with Gasteiger partial charge in [-0.3, -0.25) is 0 Å². The van der Waals surface area contributed by atoms with E-state index in [1.165, 1.54) is 0 Å². The van der Waals surface area contributed by atoms with E-state index in [2.05, 4.69) is 0 Å². The molecule has 0 radical (unpaired) electrons. The Morgan fingerprint density at radius 2 is 0.956 bits per heavy atom. The lowest BCUT2D eigenvalue weighted by Crippen LogP contribution is -1.93. The molecule has 0 N–H and O–H groups in total. The highest BCUT2D eigenvalue weighted by Crippen LogP contribution is 2.48. The molecule has 0 aliphatic heterocycles. The molecule has 210 valence electrons. The fourth-order valence-electron chi connectivity index (χ4n) is 6.15. The number of hydrogen-bond donors (Lipinski definition) is 0. The monoisotopic (exact) mass is 587 g/mol. The number of fused-ring (bicyclic) bond motifs is 5. The van der Waals surface area contributed by atoms with Crippen LogP contribution in [0.4, 0.5) is 0 Å². The van der Waals surface area contributed by atoms with Crippen molar-refractivity contribution < 1.29 is 25.0 Å². The smallest absolute Gasteiger partial charge is 0.136 e. The maximum atomic E-state index is 10.0. The minimum absolute atomic E-state index is 0.101. The van der Waals surface area contributed by atoms with Gasteiger partial charge in [0.25, 0.3) is 0 Å². The Hall–Kier alpha value is -5.92. The van der Waals surface area contributed by atoms with E-state index in [0.29, 0.717) is 32.7 Å². The van der Waals surface area contributed by atoms with Crippen molar-refractivity contribution in [2.45, 2.75) is 0 Å². The van der Waals surface area contributed by atoms with Crippen LogP contribution in [0, 0.1) is 0 Å². The minimum Gasteiger partial charge on any atom is -0.456 e. The van der Waals surface area contributed by atoms with Crippen molar-refractivity contribution in [1.82, 2.24) is 0 Å². The highest BCUT2D eigenvalue weighted by Gasteiger charge is 2.21. The summed E-state index contributed by atoms with van der Waals surface area (Å²) in [4.78, 5) is 0. The Kier molecular flexibility index (Phi) is 3.39. The van der Waals surface area contributed by atoms with E-state index in [1.807, 2.05) is 0 Å². The maximum absolute atomic E-state index is 10.0. The fraction of sp³-hybridized carbons (Fsp3) is 0. The molecule has 0 aliphatic rings. The first kappa shape index (κ1) is 14.7. The summed E-state index contributed by atoms with van der Waals surface area (Å²) in [7, 11) is 0. The second kappa shape index (κ2) is 10.4. The molecule has 0 amide bonds. The highest BCUT2D eigenvalue weighted by molar-refractivity contribution is 6.23. The van der Waals surface area contributed by atoms with Crippen LogP contribution in [0.2, 0.25) is 0 Å². The molecule has 0 aliphatic carbocycles. The molecule has 45 heavy (non-hydrogen) atoms. The molecular weight excluding hydrogens is 544 g/mol. The predicted molar refractivity (Wildman–Crippen MR) is 190 cm³/mol. The summed E-state index contributed by atoms with van der Waals surface area (Å²) in [5, 5.41) is 1.44. The van der Waals surface area contributed by atoms with Crippen LogP contribution < -0.4 is 0 Å². The molecule has 0 spiro atoms. The van der Waals surface area contributed by atoms with E-state index in [4.69, 9.17) is 20.9 Å². The van der Waals surface area contributed by atoms with Crippen LogP contribution in [0.5, 0.6) is 0 Å². The molecule has 1 heteroatoms. The Labute approximate surface area is 282 Å². The van der Waals surface area contributed by atoms with E-state index in [-0.39, 0.29) is 61.8 Å². The SMILES string of the molecule is [2H]c1c([2H])c([2H])c(-c2c([2H])c(-c3c4ccccc4c(-c4c([2H])c([2H])c([2H])c([2H])c4-c4ccccc4)c4ccccc34)c([2H])c3oc4c([2H])c([2H])c([2H])c([2H])c4c23)c([2H])c1[2H]. The molecule has 8 aromatic carbocycles. The summed E-state index contributed by atoms with van der Waals surface area (Å²) in [6.45, 7) is 0. The number of benzene rings is 8. The zero-order chi connectivity index (χ0) is 42.8. The number of hydrogen-bond acceptors (Lipinski definition) is 1. The summed E-state index contributed by atoms with van der Waals surface area (Å²) in [5.74, 6) is 0. The van der Waals surface area contributed by atoms with Gasteiger partial charge in [0.1, 0.15) is 11.2 Å². The van der Waals surface area contributed by atoms with Crippen molar-refractivity contribution in [3.05, 3.63) is 169 Å². The van der Waals surface area contributed by atoms with Crippen LogP contribution in [-0.2, 0) is 0 Å². The van der Waals surface area contributed by atoms with Gasteiger partial charge in [0, 0.05) is 10.8 Å². The third kappa shape index (κ3) is 4.09. The van der Waals surface area contributed by atoms with Gasteiger partial charge >= 0.3 is 0 Å². The number of para-hydroxylation sites is 1. The molecule has 1 aromatic heterocycles. The first-order valence-corrected chi connectivity index (χ1v) is 14.2. The van der Waals surface area contributed by atoms with Crippen molar-refractivity contribution in [1.29, 1.82) is 0 Å². The molecule has 9 rings (SSSR count). The Morgan fingerprint density at radius 1 is 0.378 bits per heavy atom. The molecule has 0 bridgehead atoms. The van der Waals surface area contributed by atoms with Gasteiger partial charge in [-0.05, 0) is 84.2 Å². The van der Waals surface area contributed by atoms with Crippen molar-refractivity contribution in [3.63, 3.8) is 0 Å². The molecule has 0 fully saturated rings. The van der Waals surface area contributed by atoms with Crippen LogP contribution in [0.25, 0.3) is 88.0 Å². The normalized spacial score (nSPS) is 16.2. The van der Waals surface area contributed by atoms with Gasteiger partial charge in [0.05, 0.1) is 20.6 Å². The van der Waals surface area contributed by atoms with Gasteiger partial charge in [-0.25, -0.2) is 0 Å². The lowest BCUT2D eigenvalue weighted by Gasteiger charge is -2.20. The summed E-state index contributed by atoms with van der Waals surface area (Å²) < 4.78 is 140. The Morgan fingerprint density at radius 3 is 1.67 bits per heavy atom. The van der Waals surface area contributed by atoms with Gasteiger partial charge in [-0.2, -0.15) is 0 Å². The van der Waals surface area contributed by atoms with Gasteiger partial charge < -0.3 is 4.42 Å². The van der Waals surface area contributed by atoms with Crippen molar-refractivity contribution in [3.8, 4) is 44.5 Å². The molecule has 9 aromatic rings. The minimum atomic E-state index is -0.702. The van der Waals surface area contributed by atoms with Crippen LogP contribution in [0.3, 0.4) is 0 Å². The summed E-state index contributed by atoms with van der Waals surface area (Å²) in [6, 6.07) is 14.8. The van der Waals surface area contributed by atoms with Crippen LogP contribution in [-0.4, -0.2) is 0 Å². The van der Waals surface area contributed by atoms with E-state index in [9.17, 15) is 4.11 Å². The average Bonchev–Trinajstić information content (AvgIpc) is 3.66. The van der Waals surface area contributed by atoms with E-state index in [0.717, 1.165) is 0 Å². The van der Waals surface area contributed by atoms with Crippen molar-refractivity contribution in [2.24, 2.45) is 0 Å². The lowest BCUT2D eigenvalue weighted by molar-refractivity contribution is 0.669. The predicted octanol–water partition coefficient (Wildman–Crippen LogP) is 12.6. The number of furan rings is 1. The second-order valence-corrected chi connectivity index (χ2v) is 10.5. The summed E-state index contributed by atoms with van der Waals surface area (Å²) >= 11 is 0. The lowest BCUT2D eigenvalue weighted by atomic mass is 9.83. The van der Waals surface area contributed by atoms with Gasteiger partial charge in [-0.15, -0.1) is 0 Å². The van der Waals surface area contributed by atoms with E-state index in [1.54, 1.807) is 78.9 Å². The third-order valence-corrected chi connectivity index (χ3v) is 8.00. The first-order valence-electron chi connectivity index (χ1n) is 21.7. The maximum Gasteiger partial charge on any atom is 0.136 e. The molecule has 1 nitrogen and oxygen atoms in total. The zero-order valence-electron chi connectivity index (χ0n) is 38.4. The largest absolute Gasteiger partial charge is 0.456 e. The Bertz CT molecular complexity index is 3290. The van der Waals surface area contributed by atoms with Gasteiger partial charge in [-0.1, -0.05) is 151 Å². The van der Waals surface area contributed by atoms with Crippen LogP contribution >= 0.6 is 0 Å². The van der Waals surface area contributed by atoms with Crippen LogP contribution in [0.1, 0.15) is 20.6 Å². The third-order valence-electron chi connectivity index (χ3n) is 8.00. The Balaban J connectivity index is 1.53. The topological polar surface area (TPSA) is 13.1 Å². The standard InChI is InChI=1S/C44H28O/c1-3-15-29(16-4-1)32-19-7-8-20-33(32)43-36-23-11-9-21-34(36)42(35-22-10-12-24-37(35)43)31-27-39(30-17-5-2-6-18-30)44-38-25-13-14-26-40(38)45-41(44)28-31/h1-28H/i2D,5D,6D,7D,8D,13D,14D,17D,18D,19D,20D,25D,26D,27D,28D. The summed E-state index contributed by atoms with van der Waals surface area (Å²) in [5.41, 5.74) is 0.311. The van der Waals surface area contributed by atoms with Gasteiger partial charge in [0.15, 0.2) is 0 Å². The number of rotatable bonds is 4. The quantitative estimate of drug-likeness (QED) is 0.187. The molecule has 0 atom stereocenters. The van der Waals surface area contributed by atoms with E-state index >= 15 is 0 Å². The average molecular weight is 588 g/mol. The zero-order valence-corrected chi connectivity index (χ0v) is 23.4. The van der Waals surface area contributed by atoms with E-state index < -0.39 is 84.1 Å². The molecule has 0 saturated heterocycles. The molecular formula is C44H28O. The van der Waals surface area contributed by atoms with Crippen LogP contribution in [0.15, 0.2) is 174 Å². The summed E-state index contributed by atoms with van der Waals surface area (Å²) in [6.07, 6.45) is 0. The highest BCUT2D eigenvalue weighted by atomic mass is 16.3. The first-order chi connectivity index (χ1) is 28.6. The van der Waals surface area contributed by atoms with Crippen molar-refractivity contribution >= 4 is 43.5 Å². The van der Waals surface area contributed by atoms with Crippen molar-refractivity contribution in [2.75, 3.05) is 0 Å². The second-order valence-electron chi connectivity index (χ2n) is 10.5. The molecule has 0 saturated carbocycles.